The van der Waals surface area contributed by atoms with Gasteiger partial charge in [0.2, 0.25) is 0 Å². The number of para-hydroxylation sites is 1. The van der Waals surface area contributed by atoms with Gasteiger partial charge in [0.25, 0.3) is 5.91 Å². The highest BCUT2D eigenvalue weighted by Gasteiger charge is 2.22. The first-order valence-corrected chi connectivity index (χ1v) is 13.5. The number of hydrogen-bond donors (Lipinski definition) is 2. The standard InChI is InChI=1S/C30H34FN3O5S/c1-8-23-25(26(36)33-22-12-10-9-11-19(22)16-24(35)38-29(2,3)4)34-27(40-23)20-13-18(14-21(31)15-20)17-32-28(37)39-30(5,6)7/h8-15H,1,16-17H2,2-7H3,(H,32,37)(H,33,36). The second kappa shape index (κ2) is 12.4. The predicted molar refractivity (Wildman–Crippen MR) is 155 cm³/mol. The van der Waals surface area contributed by atoms with Crippen molar-refractivity contribution < 1.29 is 28.2 Å². The van der Waals surface area contributed by atoms with Crippen molar-refractivity contribution in [3.05, 3.63) is 76.6 Å². The lowest BCUT2D eigenvalue weighted by atomic mass is 10.1. The van der Waals surface area contributed by atoms with E-state index in [9.17, 15) is 18.8 Å². The van der Waals surface area contributed by atoms with Crippen LogP contribution in [0.2, 0.25) is 0 Å². The van der Waals surface area contributed by atoms with Gasteiger partial charge in [-0.15, -0.1) is 11.3 Å². The number of nitrogens with one attached hydrogen (secondary N) is 2. The molecule has 2 amide bonds. The van der Waals surface area contributed by atoms with Gasteiger partial charge in [-0.05, 0) is 83.0 Å². The minimum absolute atomic E-state index is 0.0201. The molecule has 3 aromatic rings. The molecule has 10 heteroatoms. The van der Waals surface area contributed by atoms with Crippen LogP contribution in [0.15, 0.2) is 49.0 Å². The number of ether oxygens (including phenoxy) is 2. The summed E-state index contributed by atoms with van der Waals surface area (Å²) < 4.78 is 25.1. The van der Waals surface area contributed by atoms with Crippen LogP contribution in [0.25, 0.3) is 16.6 Å². The molecule has 1 heterocycles. The number of rotatable bonds is 8. The van der Waals surface area contributed by atoms with Gasteiger partial charge < -0.3 is 20.1 Å². The van der Waals surface area contributed by atoms with E-state index in [4.69, 9.17) is 9.47 Å². The number of carbonyl (C=O) groups is 3. The van der Waals surface area contributed by atoms with Crippen molar-refractivity contribution in [1.82, 2.24) is 10.3 Å². The van der Waals surface area contributed by atoms with Crippen LogP contribution in [0.3, 0.4) is 0 Å². The zero-order chi connectivity index (χ0) is 29.7. The number of benzene rings is 2. The van der Waals surface area contributed by atoms with Gasteiger partial charge in [0, 0.05) is 17.8 Å². The van der Waals surface area contributed by atoms with Gasteiger partial charge in [0.05, 0.1) is 11.3 Å². The second-order valence-corrected chi connectivity index (χ2v) is 12.0. The van der Waals surface area contributed by atoms with E-state index >= 15 is 0 Å². The SMILES string of the molecule is C=Cc1sc(-c2cc(F)cc(CNC(=O)OC(C)(C)C)c2)nc1C(=O)Nc1ccccc1CC(=O)OC(C)(C)C. The largest absolute Gasteiger partial charge is 0.460 e. The molecular weight excluding hydrogens is 533 g/mol. The average Bonchev–Trinajstić information content (AvgIpc) is 3.26. The van der Waals surface area contributed by atoms with Crippen LogP contribution in [0.4, 0.5) is 14.9 Å². The van der Waals surface area contributed by atoms with Crippen molar-refractivity contribution in [1.29, 1.82) is 0 Å². The third-order valence-electron chi connectivity index (χ3n) is 5.11. The third-order valence-corrected chi connectivity index (χ3v) is 6.21. The highest BCUT2D eigenvalue weighted by molar-refractivity contribution is 7.16. The van der Waals surface area contributed by atoms with Crippen LogP contribution in [0.1, 0.15) is 68.0 Å². The molecule has 212 valence electrons. The number of nitrogens with zero attached hydrogens (tertiary/aromatic N) is 1. The van der Waals surface area contributed by atoms with Gasteiger partial charge in [-0.1, -0.05) is 24.8 Å². The van der Waals surface area contributed by atoms with Crippen LogP contribution in [-0.2, 0) is 27.2 Å². The summed E-state index contributed by atoms with van der Waals surface area (Å²) in [6.45, 7) is 14.4. The monoisotopic (exact) mass is 567 g/mol. The van der Waals surface area contributed by atoms with Gasteiger partial charge in [-0.3, -0.25) is 9.59 Å². The maximum absolute atomic E-state index is 14.5. The fourth-order valence-corrected chi connectivity index (χ4v) is 4.53. The summed E-state index contributed by atoms with van der Waals surface area (Å²) in [6, 6.07) is 11.2. The van der Waals surface area contributed by atoms with Crippen molar-refractivity contribution in [3.8, 4) is 10.6 Å². The van der Waals surface area contributed by atoms with Crippen molar-refractivity contribution in [3.63, 3.8) is 0 Å². The zero-order valence-corrected chi connectivity index (χ0v) is 24.3. The summed E-state index contributed by atoms with van der Waals surface area (Å²) >= 11 is 1.18. The molecule has 40 heavy (non-hydrogen) atoms. The number of hydrogen-bond acceptors (Lipinski definition) is 7. The molecule has 0 aliphatic carbocycles. The third kappa shape index (κ3) is 9.01. The van der Waals surface area contributed by atoms with Gasteiger partial charge in [-0.25, -0.2) is 14.2 Å². The van der Waals surface area contributed by atoms with Gasteiger partial charge >= 0.3 is 12.1 Å². The minimum Gasteiger partial charge on any atom is -0.460 e. The molecule has 0 radical (unpaired) electrons. The first kappa shape index (κ1) is 30.5. The molecule has 2 aromatic carbocycles. The Bertz CT molecular complexity index is 1420. The quantitative estimate of drug-likeness (QED) is 0.292. The normalized spacial score (nSPS) is 11.5. The van der Waals surface area contributed by atoms with E-state index in [0.717, 1.165) is 0 Å². The summed E-state index contributed by atoms with van der Waals surface area (Å²) in [5, 5.41) is 5.83. The van der Waals surface area contributed by atoms with E-state index < -0.39 is 35.0 Å². The molecule has 0 saturated carbocycles. The molecule has 0 atom stereocenters. The van der Waals surface area contributed by atoms with Crippen LogP contribution in [-0.4, -0.2) is 34.2 Å². The lowest BCUT2D eigenvalue weighted by Crippen LogP contribution is -2.32. The number of alkyl carbamates (subject to hydrolysis) is 1. The smallest absolute Gasteiger partial charge is 0.407 e. The number of halogens is 1. The Morgan fingerprint density at radius 1 is 1.02 bits per heavy atom. The summed E-state index contributed by atoms with van der Waals surface area (Å²) in [6.07, 6.45) is 0.869. The first-order valence-electron chi connectivity index (χ1n) is 12.6. The minimum atomic E-state index is -0.660. The van der Waals surface area contributed by atoms with E-state index in [2.05, 4.69) is 22.2 Å². The van der Waals surface area contributed by atoms with Crippen LogP contribution >= 0.6 is 11.3 Å². The molecule has 2 N–H and O–H groups in total. The average molecular weight is 568 g/mol. The summed E-state index contributed by atoms with van der Waals surface area (Å²) in [5.74, 6) is -1.44. The van der Waals surface area contributed by atoms with Crippen LogP contribution < -0.4 is 10.6 Å². The van der Waals surface area contributed by atoms with Crippen molar-refractivity contribution in [2.75, 3.05) is 5.32 Å². The molecule has 1 aromatic heterocycles. The molecule has 0 bridgehead atoms. The fourth-order valence-electron chi connectivity index (χ4n) is 3.63. The van der Waals surface area contributed by atoms with E-state index in [1.165, 1.54) is 29.5 Å². The number of thiazole rings is 1. The maximum atomic E-state index is 14.5. The number of amides is 2. The summed E-state index contributed by atoms with van der Waals surface area (Å²) in [7, 11) is 0. The fraction of sp³-hybridized carbons (Fsp3) is 0.333. The van der Waals surface area contributed by atoms with E-state index in [1.54, 1.807) is 71.9 Å². The predicted octanol–water partition coefficient (Wildman–Crippen LogP) is 6.75. The topological polar surface area (TPSA) is 107 Å². The number of anilines is 1. The van der Waals surface area contributed by atoms with Crippen LogP contribution in [0.5, 0.6) is 0 Å². The van der Waals surface area contributed by atoms with E-state index in [0.29, 0.717) is 32.3 Å². The van der Waals surface area contributed by atoms with Gasteiger partial charge in [0.15, 0.2) is 0 Å². The summed E-state index contributed by atoms with van der Waals surface area (Å²) in [4.78, 5) is 42.6. The zero-order valence-electron chi connectivity index (χ0n) is 23.5. The van der Waals surface area contributed by atoms with Gasteiger partial charge in [-0.2, -0.15) is 0 Å². The number of carbonyl (C=O) groups excluding carboxylic acids is 3. The molecule has 0 saturated heterocycles. The van der Waals surface area contributed by atoms with Crippen molar-refractivity contribution in [2.45, 2.75) is 65.7 Å². The second-order valence-electron chi connectivity index (χ2n) is 11.0. The van der Waals surface area contributed by atoms with Crippen molar-refractivity contribution >= 4 is 41.1 Å². The molecule has 0 aliphatic rings. The highest BCUT2D eigenvalue weighted by Crippen LogP contribution is 2.31. The molecule has 8 nitrogen and oxygen atoms in total. The number of aromatic nitrogens is 1. The Kier molecular flexibility index (Phi) is 9.47. The number of esters is 1. The maximum Gasteiger partial charge on any atom is 0.407 e. The van der Waals surface area contributed by atoms with E-state index in [1.807, 2.05) is 0 Å². The Morgan fingerprint density at radius 3 is 2.35 bits per heavy atom. The molecule has 0 fully saturated rings. The Hall–Kier alpha value is -4.05. The molecular formula is C30H34FN3O5S. The van der Waals surface area contributed by atoms with Gasteiger partial charge in [0.1, 0.15) is 27.7 Å². The molecule has 0 spiro atoms. The Morgan fingerprint density at radius 2 is 1.70 bits per heavy atom. The van der Waals surface area contributed by atoms with Crippen molar-refractivity contribution in [2.24, 2.45) is 0 Å². The summed E-state index contributed by atoms with van der Waals surface area (Å²) in [5.41, 5.74) is 0.800. The molecule has 3 rings (SSSR count). The first-order chi connectivity index (χ1) is 18.6. The van der Waals surface area contributed by atoms with Crippen LogP contribution in [0, 0.1) is 5.82 Å². The van der Waals surface area contributed by atoms with E-state index in [-0.39, 0.29) is 18.7 Å². The Labute approximate surface area is 237 Å². The highest BCUT2D eigenvalue weighted by atomic mass is 32.1. The lowest BCUT2D eigenvalue weighted by molar-refractivity contribution is -0.153. The lowest BCUT2D eigenvalue weighted by Gasteiger charge is -2.20. The molecule has 0 unspecified atom stereocenters. The Balaban J connectivity index is 1.81. The molecule has 0 aliphatic heterocycles.